The second-order valence-corrected chi connectivity index (χ2v) is 3.94. The molecule has 0 bridgehead atoms. The summed E-state index contributed by atoms with van der Waals surface area (Å²) in [5.41, 5.74) is 1.83. The lowest BCUT2D eigenvalue weighted by Gasteiger charge is -2.08. The highest BCUT2D eigenvalue weighted by Gasteiger charge is 2.01. The number of nitrogens with zero attached hydrogens (tertiary/aromatic N) is 1. The number of halogens is 1. The summed E-state index contributed by atoms with van der Waals surface area (Å²) in [6.07, 6.45) is 2.40. The number of aryl methyl sites for hydroxylation is 1. The smallest absolute Gasteiger partial charge is 0.128 e. The van der Waals surface area contributed by atoms with Crippen LogP contribution < -0.4 is 5.32 Å². The molecule has 0 aliphatic carbocycles. The molecule has 3 heteroatoms. The Bertz CT molecular complexity index is 452. The van der Waals surface area contributed by atoms with Gasteiger partial charge in [-0.3, -0.25) is 0 Å². The van der Waals surface area contributed by atoms with E-state index >= 15 is 0 Å². The van der Waals surface area contributed by atoms with Crippen LogP contribution in [0.15, 0.2) is 42.6 Å². The minimum Gasteiger partial charge on any atom is -0.370 e. The number of anilines is 1. The standard InChI is InChI=1S/C14H15FN2/c1-11-5-4-9-16-14(11)17-10-8-12-6-2-3-7-13(12)15/h2-7,9H,8,10H2,1H3,(H,16,17). The number of pyridine rings is 1. The van der Waals surface area contributed by atoms with Gasteiger partial charge in [-0.25, -0.2) is 9.37 Å². The van der Waals surface area contributed by atoms with Crippen molar-refractivity contribution in [2.24, 2.45) is 0 Å². The highest BCUT2D eigenvalue weighted by molar-refractivity contribution is 5.42. The van der Waals surface area contributed by atoms with Gasteiger partial charge in [0.1, 0.15) is 11.6 Å². The molecular formula is C14H15FN2. The average Bonchev–Trinajstić information content (AvgIpc) is 2.34. The van der Waals surface area contributed by atoms with Gasteiger partial charge in [-0.1, -0.05) is 24.3 Å². The summed E-state index contributed by atoms with van der Waals surface area (Å²) in [5.74, 6) is 0.718. The summed E-state index contributed by atoms with van der Waals surface area (Å²) in [6.45, 7) is 2.68. The Hall–Kier alpha value is -1.90. The van der Waals surface area contributed by atoms with Crippen LogP contribution in [-0.4, -0.2) is 11.5 Å². The molecule has 0 amide bonds. The molecule has 0 unspecified atom stereocenters. The average molecular weight is 230 g/mol. The number of hydrogen-bond donors (Lipinski definition) is 1. The number of rotatable bonds is 4. The molecule has 88 valence electrons. The highest BCUT2D eigenvalue weighted by Crippen LogP contribution is 2.10. The number of aromatic nitrogens is 1. The van der Waals surface area contributed by atoms with Gasteiger partial charge in [0.25, 0.3) is 0 Å². The van der Waals surface area contributed by atoms with E-state index in [9.17, 15) is 4.39 Å². The van der Waals surface area contributed by atoms with Crippen molar-refractivity contribution in [3.8, 4) is 0 Å². The SMILES string of the molecule is Cc1cccnc1NCCc1ccccc1F. The zero-order chi connectivity index (χ0) is 12.1. The summed E-state index contributed by atoms with van der Waals surface area (Å²) >= 11 is 0. The first kappa shape index (κ1) is 11.6. The van der Waals surface area contributed by atoms with Crippen LogP contribution in [-0.2, 0) is 6.42 Å². The Balaban J connectivity index is 1.93. The van der Waals surface area contributed by atoms with E-state index in [0.29, 0.717) is 13.0 Å². The molecule has 0 spiro atoms. The van der Waals surface area contributed by atoms with Crippen molar-refractivity contribution in [2.75, 3.05) is 11.9 Å². The predicted molar refractivity (Wildman–Crippen MR) is 67.6 cm³/mol. The Morgan fingerprint density at radius 3 is 2.76 bits per heavy atom. The van der Waals surface area contributed by atoms with Crippen LogP contribution in [0.25, 0.3) is 0 Å². The van der Waals surface area contributed by atoms with E-state index in [0.717, 1.165) is 16.9 Å². The van der Waals surface area contributed by atoms with E-state index in [1.807, 2.05) is 31.2 Å². The van der Waals surface area contributed by atoms with Gasteiger partial charge in [-0.05, 0) is 36.6 Å². The van der Waals surface area contributed by atoms with Crippen LogP contribution in [0.1, 0.15) is 11.1 Å². The van der Waals surface area contributed by atoms with E-state index in [1.165, 1.54) is 6.07 Å². The quantitative estimate of drug-likeness (QED) is 0.872. The summed E-state index contributed by atoms with van der Waals surface area (Å²) in [4.78, 5) is 4.23. The van der Waals surface area contributed by atoms with E-state index in [4.69, 9.17) is 0 Å². The van der Waals surface area contributed by atoms with E-state index < -0.39 is 0 Å². The number of hydrogen-bond acceptors (Lipinski definition) is 2. The largest absolute Gasteiger partial charge is 0.370 e. The molecule has 0 saturated heterocycles. The predicted octanol–water partition coefficient (Wildman–Crippen LogP) is 3.18. The molecule has 0 aliphatic rings. The van der Waals surface area contributed by atoms with Gasteiger partial charge in [0.2, 0.25) is 0 Å². The molecule has 0 radical (unpaired) electrons. The maximum Gasteiger partial charge on any atom is 0.128 e. The lowest BCUT2D eigenvalue weighted by atomic mass is 10.1. The van der Waals surface area contributed by atoms with Gasteiger partial charge in [0.15, 0.2) is 0 Å². The van der Waals surface area contributed by atoms with Gasteiger partial charge < -0.3 is 5.32 Å². The fraction of sp³-hybridized carbons (Fsp3) is 0.214. The van der Waals surface area contributed by atoms with Crippen LogP contribution >= 0.6 is 0 Å². The van der Waals surface area contributed by atoms with Crippen LogP contribution in [0.5, 0.6) is 0 Å². The van der Waals surface area contributed by atoms with Crippen LogP contribution in [0.4, 0.5) is 10.2 Å². The number of benzene rings is 1. The third-order valence-electron chi connectivity index (χ3n) is 2.65. The minimum atomic E-state index is -0.146. The maximum atomic E-state index is 13.4. The summed E-state index contributed by atoms with van der Waals surface area (Å²) in [5, 5.41) is 3.21. The molecule has 0 fully saturated rings. The second-order valence-electron chi connectivity index (χ2n) is 3.94. The molecule has 1 heterocycles. The van der Waals surface area contributed by atoms with Crippen molar-refractivity contribution in [1.29, 1.82) is 0 Å². The first-order valence-electron chi connectivity index (χ1n) is 5.66. The zero-order valence-corrected chi connectivity index (χ0v) is 9.78. The highest BCUT2D eigenvalue weighted by atomic mass is 19.1. The van der Waals surface area contributed by atoms with Crippen molar-refractivity contribution in [2.45, 2.75) is 13.3 Å². The topological polar surface area (TPSA) is 24.9 Å². The molecule has 0 aliphatic heterocycles. The third-order valence-corrected chi connectivity index (χ3v) is 2.65. The fourth-order valence-corrected chi connectivity index (χ4v) is 1.69. The summed E-state index contributed by atoms with van der Waals surface area (Å²) in [6, 6.07) is 10.7. The lowest BCUT2D eigenvalue weighted by Crippen LogP contribution is -2.08. The molecule has 17 heavy (non-hydrogen) atoms. The van der Waals surface area contributed by atoms with Gasteiger partial charge in [-0.15, -0.1) is 0 Å². The Labute approximate surface area is 101 Å². The molecule has 1 aromatic heterocycles. The van der Waals surface area contributed by atoms with E-state index in [-0.39, 0.29) is 5.82 Å². The molecule has 2 rings (SSSR count). The Morgan fingerprint density at radius 2 is 2.00 bits per heavy atom. The molecule has 2 nitrogen and oxygen atoms in total. The third kappa shape index (κ3) is 3.03. The summed E-state index contributed by atoms with van der Waals surface area (Å²) in [7, 11) is 0. The molecule has 0 saturated carbocycles. The molecule has 1 N–H and O–H groups in total. The van der Waals surface area contributed by atoms with E-state index in [1.54, 1.807) is 12.3 Å². The monoisotopic (exact) mass is 230 g/mol. The number of nitrogens with one attached hydrogen (secondary N) is 1. The van der Waals surface area contributed by atoms with Gasteiger partial charge in [-0.2, -0.15) is 0 Å². The Kier molecular flexibility index (Phi) is 3.70. The van der Waals surface area contributed by atoms with Crippen LogP contribution in [0.2, 0.25) is 0 Å². The molecule has 1 aromatic carbocycles. The van der Waals surface area contributed by atoms with Crippen molar-refractivity contribution < 1.29 is 4.39 Å². The molecule has 0 atom stereocenters. The molecular weight excluding hydrogens is 215 g/mol. The van der Waals surface area contributed by atoms with Crippen molar-refractivity contribution in [3.63, 3.8) is 0 Å². The van der Waals surface area contributed by atoms with Gasteiger partial charge in [0.05, 0.1) is 0 Å². The van der Waals surface area contributed by atoms with Crippen molar-refractivity contribution >= 4 is 5.82 Å². The van der Waals surface area contributed by atoms with Crippen LogP contribution in [0, 0.1) is 12.7 Å². The van der Waals surface area contributed by atoms with Gasteiger partial charge >= 0.3 is 0 Å². The molecule has 2 aromatic rings. The first-order valence-corrected chi connectivity index (χ1v) is 5.66. The normalized spacial score (nSPS) is 10.2. The van der Waals surface area contributed by atoms with E-state index in [2.05, 4.69) is 10.3 Å². The minimum absolute atomic E-state index is 0.146. The van der Waals surface area contributed by atoms with Crippen LogP contribution in [0.3, 0.4) is 0 Å². The lowest BCUT2D eigenvalue weighted by molar-refractivity contribution is 0.610. The van der Waals surface area contributed by atoms with Crippen molar-refractivity contribution in [1.82, 2.24) is 4.98 Å². The van der Waals surface area contributed by atoms with Gasteiger partial charge in [0, 0.05) is 12.7 Å². The maximum absolute atomic E-state index is 13.4. The first-order chi connectivity index (χ1) is 8.27. The second kappa shape index (κ2) is 5.43. The van der Waals surface area contributed by atoms with Crippen molar-refractivity contribution in [3.05, 3.63) is 59.5 Å². The zero-order valence-electron chi connectivity index (χ0n) is 9.78. The summed E-state index contributed by atoms with van der Waals surface area (Å²) < 4.78 is 13.4. The fourth-order valence-electron chi connectivity index (χ4n) is 1.69. The Morgan fingerprint density at radius 1 is 1.18 bits per heavy atom.